The van der Waals surface area contributed by atoms with Gasteiger partial charge in [-0.3, -0.25) is 9.78 Å². The standard InChI is InChI=1S/C21H23N5O3.2ClH/c1-14-10-17(16-5-3-8-23-12-16)29-21(28)19(14)20(27)25-18-6-9-24-26(18)13-15-4-2-7-22-11-15;;/h2,4,6-7,9-11,16,23H,3,5,8,12-13H2,1H3,(H,25,27);2*1H. The number of carbonyl (C=O) groups is 1. The Morgan fingerprint density at radius 2 is 2.16 bits per heavy atom. The fourth-order valence-corrected chi connectivity index (χ4v) is 3.61. The smallest absolute Gasteiger partial charge is 0.349 e. The third-order valence-corrected chi connectivity index (χ3v) is 5.11. The minimum atomic E-state index is -0.610. The predicted octanol–water partition coefficient (Wildman–Crippen LogP) is 3.15. The normalized spacial score (nSPS) is 15.5. The Bertz CT molecular complexity index is 1060. The monoisotopic (exact) mass is 465 g/mol. The number of pyridine rings is 1. The molecule has 1 saturated heterocycles. The molecule has 1 unspecified atom stereocenters. The van der Waals surface area contributed by atoms with Crippen LogP contribution in [-0.2, 0) is 6.54 Å². The number of halogens is 2. The lowest BCUT2D eigenvalue weighted by molar-refractivity contribution is 0.102. The van der Waals surface area contributed by atoms with Crippen molar-refractivity contribution in [3.63, 3.8) is 0 Å². The van der Waals surface area contributed by atoms with E-state index >= 15 is 0 Å². The van der Waals surface area contributed by atoms with Gasteiger partial charge in [-0.2, -0.15) is 5.10 Å². The highest BCUT2D eigenvalue weighted by Crippen LogP contribution is 2.24. The number of hydrogen-bond acceptors (Lipinski definition) is 6. The lowest BCUT2D eigenvalue weighted by Crippen LogP contribution is -2.30. The molecule has 0 radical (unpaired) electrons. The molecule has 10 heteroatoms. The van der Waals surface area contributed by atoms with Gasteiger partial charge >= 0.3 is 5.63 Å². The highest BCUT2D eigenvalue weighted by atomic mass is 35.5. The van der Waals surface area contributed by atoms with E-state index in [1.165, 1.54) is 0 Å². The molecule has 166 valence electrons. The maximum absolute atomic E-state index is 12.8. The molecule has 1 amide bonds. The molecular weight excluding hydrogens is 441 g/mol. The lowest BCUT2D eigenvalue weighted by Gasteiger charge is -2.22. The molecule has 1 aliphatic heterocycles. The number of aryl methyl sites for hydroxylation is 1. The Kier molecular flexibility index (Phi) is 8.79. The molecule has 1 aliphatic rings. The van der Waals surface area contributed by atoms with Gasteiger partial charge in [-0.15, -0.1) is 24.8 Å². The number of piperidine rings is 1. The fraction of sp³-hybridized carbons (Fsp3) is 0.333. The zero-order chi connectivity index (χ0) is 20.2. The van der Waals surface area contributed by atoms with Gasteiger partial charge in [0, 0.05) is 30.9 Å². The number of carbonyl (C=O) groups excluding carboxylic acids is 1. The summed E-state index contributed by atoms with van der Waals surface area (Å²) >= 11 is 0. The van der Waals surface area contributed by atoms with Gasteiger partial charge in [0.1, 0.15) is 17.1 Å². The van der Waals surface area contributed by atoms with Crippen molar-refractivity contribution in [2.45, 2.75) is 32.2 Å². The van der Waals surface area contributed by atoms with Gasteiger partial charge in [0.05, 0.1) is 12.7 Å². The van der Waals surface area contributed by atoms with Crippen LogP contribution in [0.1, 0.15) is 46.0 Å². The SMILES string of the molecule is Cc1cc(C2CCCNC2)oc(=O)c1C(=O)Nc1ccnn1Cc1cccnc1.Cl.Cl. The first-order chi connectivity index (χ1) is 14.1. The van der Waals surface area contributed by atoms with Crippen LogP contribution < -0.4 is 16.3 Å². The maximum atomic E-state index is 12.8. The average Bonchev–Trinajstić information content (AvgIpc) is 3.15. The van der Waals surface area contributed by atoms with E-state index in [0.29, 0.717) is 23.7 Å². The molecule has 31 heavy (non-hydrogen) atoms. The topological polar surface area (TPSA) is 102 Å². The summed E-state index contributed by atoms with van der Waals surface area (Å²) < 4.78 is 7.15. The van der Waals surface area contributed by atoms with Crippen LogP contribution in [0.3, 0.4) is 0 Å². The molecule has 0 spiro atoms. The van der Waals surface area contributed by atoms with Crippen LogP contribution in [0.5, 0.6) is 0 Å². The highest BCUT2D eigenvalue weighted by Gasteiger charge is 2.23. The molecule has 2 N–H and O–H groups in total. The van der Waals surface area contributed by atoms with Crippen LogP contribution in [-0.4, -0.2) is 33.8 Å². The Morgan fingerprint density at radius 1 is 1.32 bits per heavy atom. The average molecular weight is 466 g/mol. The zero-order valence-corrected chi connectivity index (χ0v) is 18.7. The van der Waals surface area contributed by atoms with Gasteiger partial charge in [-0.05, 0) is 49.6 Å². The lowest BCUT2D eigenvalue weighted by atomic mass is 9.95. The van der Waals surface area contributed by atoms with Crippen LogP contribution >= 0.6 is 24.8 Å². The number of nitrogens with zero attached hydrogens (tertiary/aromatic N) is 3. The second-order valence-corrected chi connectivity index (χ2v) is 7.23. The van der Waals surface area contributed by atoms with Crippen molar-refractivity contribution in [3.8, 4) is 0 Å². The van der Waals surface area contributed by atoms with Crippen molar-refractivity contribution in [1.29, 1.82) is 0 Å². The first kappa shape index (κ1) is 24.6. The van der Waals surface area contributed by atoms with Gasteiger partial charge in [0.25, 0.3) is 5.91 Å². The second kappa shape index (κ2) is 11.1. The van der Waals surface area contributed by atoms with E-state index < -0.39 is 11.5 Å². The maximum Gasteiger partial charge on any atom is 0.349 e. The Morgan fingerprint density at radius 3 is 2.84 bits per heavy atom. The van der Waals surface area contributed by atoms with Crippen LogP contribution in [0.25, 0.3) is 0 Å². The van der Waals surface area contributed by atoms with Gasteiger partial charge < -0.3 is 15.1 Å². The largest absolute Gasteiger partial charge is 0.427 e. The third kappa shape index (κ3) is 5.72. The minimum absolute atomic E-state index is 0. The summed E-state index contributed by atoms with van der Waals surface area (Å²) in [6, 6.07) is 7.27. The first-order valence-corrected chi connectivity index (χ1v) is 9.69. The minimum Gasteiger partial charge on any atom is -0.427 e. The van der Waals surface area contributed by atoms with Gasteiger partial charge in [-0.1, -0.05) is 6.07 Å². The first-order valence-electron chi connectivity index (χ1n) is 9.69. The summed E-state index contributed by atoms with van der Waals surface area (Å²) in [6.07, 6.45) is 7.04. The highest BCUT2D eigenvalue weighted by molar-refractivity contribution is 6.04. The summed E-state index contributed by atoms with van der Waals surface area (Å²) in [5, 5.41) is 10.3. The number of anilines is 1. The molecular formula is C21H25Cl2N5O3. The van der Waals surface area contributed by atoms with E-state index in [-0.39, 0.29) is 36.3 Å². The van der Waals surface area contributed by atoms with Crippen molar-refractivity contribution in [1.82, 2.24) is 20.1 Å². The molecule has 4 rings (SSSR count). The predicted molar refractivity (Wildman–Crippen MR) is 123 cm³/mol. The van der Waals surface area contributed by atoms with Crippen LogP contribution in [0.4, 0.5) is 5.82 Å². The number of hydrogen-bond donors (Lipinski definition) is 2. The molecule has 3 aromatic rings. The van der Waals surface area contributed by atoms with Crippen molar-refractivity contribution in [3.05, 3.63) is 75.7 Å². The Balaban J connectivity index is 0.00000171. The molecule has 3 aromatic heterocycles. The molecule has 4 heterocycles. The second-order valence-electron chi connectivity index (χ2n) is 7.23. The summed E-state index contributed by atoms with van der Waals surface area (Å²) in [7, 11) is 0. The fourth-order valence-electron chi connectivity index (χ4n) is 3.61. The van der Waals surface area contributed by atoms with Crippen LogP contribution in [0, 0.1) is 6.92 Å². The van der Waals surface area contributed by atoms with E-state index in [9.17, 15) is 9.59 Å². The molecule has 0 bridgehead atoms. The van der Waals surface area contributed by atoms with E-state index in [1.807, 2.05) is 12.1 Å². The zero-order valence-electron chi connectivity index (χ0n) is 17.0. The Hall–Kier alpha value is -2.68. The number of rotatable bonds is 5. The molecule has 0 saturated carbocycles. The summed E-state index contributed by atoms with van der Waals surface area (Å²) in [4.78, 5) is 29.5. The molecule has 0 aliphatic carbocycles. The van der Waals surface area contributed by atoms with Crippen LogP contribution in [0.2, 0.25) is 0 Å². The van der Waals surface area contributed by atoms with E-state index in [1.54, 1.807) is 42.3 Å². The van der Waals surface area contributed by atoms with E-state index in [4.69, 9.17) is 4.42 Å². The number of nitrogens with one attached hydrogen (secondary N) is 2. The van der Waals surface area contributed by atoms with Gasteiger partial charge in [0.15, 0.2) is 0 Å². The van der Waals surface area contributed by atoms with Crippen molar-refractivity contribution in [2.24, 2.45) is 0 Å². The van der Waals surface area contributed by atoms with Gasteiger partial charge in [0.2, 0.25) is 0 Å². The Labute approximate surface area is 192 Å². The van der Waals surface area contributed by atoms with Gasteiger partial charge in [-0.25, -0.2) is 9.48 Å². The molecule has 0 aromatic carbocycles. The van der Waals surface area contributed by atoms with Crippen molar-refractivity contribution in [2.75, 3.05) is 18.4 Å². The molecule has 8 nitrogen and oxygen atoms in total. The third-order valence-electron chi connectivity index (χ3n) is 5.11. The number of amides is 1. The molecule has 1 atom stereocenters. The number of aromatic nitrogens is 3. The van der Waals surface area contributed by atoms with Crippen molar-refractivity contribution >= 4 is 36.5 Å². The quantitative estimate of drug-likeness (QED) is 0.599. The van der Waals surface area contributed by atoms with E-state index in [0.717, 1.165) is 31.5 Å². The van der Waals surface area contributed by atoms with E-state index in [2.05, 4.69) is 20.7 Å². The summed E-state index contributed by atoms with van der Waals surface area (Å²) in [5.74, 6) is 0.793. The summed E-state index contributed by atoms with van der Waals surface area (Å²) in [5.41, 5.74) is 0.971. The van der Waals surface area contributed by atoms with Crippen LogP contribution in [0.15, 0.2) is 52.1 Å². The molecule has 1 fully saturated rings. The van der Waals surface area contributed by atoms with Crippen molar-refractivity contribution < 1.29 is 9.21 Å². The summed E-state index contributed by atoms with van der Waals surface area (Å²) in [6.45, 7) is 3.98.